The summed E-state index contributed by atoms with van der Waals surface area (Å²) in [7, 11) is 1.72. The summed E-state index contributed by atoms with van der Waals surface area (Å²) in [6.07, 6.45) is 6.73. The largest absolute Gasteiger partial charge is 0.383 e. The first-order valence-corrected chi connectivity index (χ1v) is 10.2. The minimum atomic E-state index is 0.0487. The van der Waals surface area contributed by atoms with E-state index in [1.807, 2.05) is 12.4 Å². The Morgan fingerprint density at radius 2 is 2.12 bits per heavy atom. The first-order valence-electron chi connectivity index (χ1n) is 9.29. The normalized spacial score (nSPS) is 20.3. The zero-order valence-corrected chi connectivity index (χ0v) is 16.0. The Kier molecular flexibility index (Phi) is 5.31. The van der Waals surface area contributed by atoms with Crippen molar-refractivity contribution in [2.45, 2.75) is 41.9 Å². The highest BCUT2D eigenvalue weighted by molar-refractivity contribution is 8.01. The van der Waals surface area contributed by atoms with Crippen molar-refractivity contribution in [2.75, 3.05) is 26.8 Å². The number of hydrogen-bond donors (Lipinski definition) is 0. The van der Waals surface area contributed by atoms with Crippen molar-refractivity contribution in [2.24, 2.45) is 0 Å². The minimum absolute atomic E-state index is 0.0487. The third-order valence-corrected chi connectivity index (χ3v) is 6.68. The van der Waals surface area contributed by atoms with Gasteiger partial charge in [-0.3, -0.25) is 4.79 Å². The second kappa shape index (κ2) is 7.84. The number of piperidine rings is 1. The molecule has 2 aromatic rings. The molecule has 0 aliphatic carbocycles. The van der Waals surface area contributed by atoms with Gasteiger partial charge < -0.3 is 14.2 Å². The van der Waals surface area contributed by atoms with Gasteiger partial charge in [-0.25, -0.2) is 4.98 Å². The molecule has 1 saturated heterocycles. The van der Waals surface area contributed by atoms with Gasteiger partial charge in [0.05, 0.1) is 11.9 Å². The average Bonchev–Trinajstić information content (AvgIpc) is 3.32. The monoisotopic (exact) mass is 371 g/mol. The van der Waals surface area contributed by atoms with Crippen LogP contribution in [0.1, 0.15) is 30.1 Å². The summed E-state index contributed by atoms with van der Waals surface area (Å²) in [5.74, 6) is 1.86. The molecule has 26 heavy (non-hydrogen) atoms. The van der Waals surface area contributed by atoms with Crippen LogP contribution in [-0.4, -0.2) is 52.4 Å². The molecular formula is C20H25N3O2S. The number of benzene rings is 1. The molecule has 0 saturated carbocycles. The summed E-state index contributed by atoms with van der Waals surface area (Å²) >= 11 is 1.73. The molecule has 1 fully saturated rings. The number of rotatable bonds is 5. The number of thioether (sulfide) groups is 1. The smallest absolute Gasteiger partial charge is 0.236 e. The molecule has 2 aliphatic heterocycles. The first kappa shape index (κ1) is 17.6. The van der Waals surface area contributed by atoms with Crippen LogP contribution < -0.4 is 0 Å². The fourth-order valence-electron chi connectivity index (χ4n) is 3.94. The van der Waals surface area contributed by atoms with Crippen LogP contribution in [0.25, 0.3) is 0 Å². The second-order valence-corrected chi connectivity index (χ2v) is 8.23. The number of carbonyl (C=O) groups is 1. The van der Waals surface area contributed by atoms with Gasteiger partial charge in [-0.2, -0.15) is 0 Å². The van der Waals surface area contributed by atoms with Crippen molar-refractivity contribution >= 4 is 17.7 Å². The lowest BCUT2D eigenvalue weighted by atomic mass is 9.95. The molecule has 1 aromatic heterocycles. The lowest BCUT2D eigenvalue weighted by molar-refractivity contribution is -0.131. The van der Waals surface area contributed by atoms with E-state index < -0.39 is 0 Å². The van der Waals surface area contributed by atoms with Gasteiger partial charge in [-0.1, -0.05) is 18.2 Å². The van der Waals surface area contributed by atoms with Gasteiger partial charge in [0.15, 0.2) is 0 Å². The highest BCUT2D eigenvalue weighted by atomic mass is 32.2. The molecule has 6 heteroatoms. The molecule has 1 aromatic carbocycles. The van der Waals surface area contributed by atoms with Crippen molar-refractivity contribution in [1.82, 2.24) is 14.5 Å². The molecule has 0 unspecified atom stereocenters. The number of ether oxygens (including phenoxy) is 1. The molecule has 0 radical (unpaired) electrons. The quantitative estimate of drug-likeness (QED) is 0.811. The van der Waals surface area contributed by atoms with Crippen molar-refractivity contribution in [3.63, 3.8) is 0 Å². The van der Waals surface area contributed by atoms with E-state index in [-0.39, 0.29) is 5.25 Å². The molecule has 1 atom stereocenters. The summed E-state index contributed by atoms with van der Waals surface area (Å²) in [6.45, 7) is 3.18. The highest BCUT2D eigenvalue weighted by Gasteiger charge is 2.34. The Hall–Kier alpha value is -1.79. The van der Waals surface area contributed by atoms with Crippen molar-refractivity contribution < 1.29 is 9.53 Å². The van der Waals surface area contributed by atoms with Gasteiger partial charge in [0.25, 0.3) is 0 Å². The van der Waals surface area contributed by atoms with Gasteiger partial charge in [0.1, 0.15) is 5.82 Å². The fraction of sp³-hybridized carbons (Fsp3) is 0.500. The van der Waals surface area contributed by atoms with E-state index >= 15 is 0 Å². The molecule has 3 heterocycles. The Labute approximate surface area is 158 Å². The van der Waals surface area contributed by atoms with Crippen molar-refractivity contribution in [3.05, 3.63) is 48.0 Å². The Balaban J connectivity index is 1.34. The van der Waals surface area contributed by atoms with Crippen LogP contribution in [0.4, 0.5) is 0 Å². The van der Waals surface area contributed by atoms with Crippen LogP contribution in [0.5, 0.6) is 0 Å². The van der Waals surface area contributed by atoms with Crippen LogP contribution in [0.2, 0.25) is 0 Å². The van der Waals surface area contributed by atoms with Gasteiger partial charge in [0, 0.05) is 50.0 Å². The number of likely N-dealkylation sites (tertiary alicyclic amines) is 1. The molecule has 0 spiro atoms. The van der Waals surface area contributed by atoms with Crippen LogP contribution in [-0.2, 0) is 22.5 Å². The summed E-state index contributed by atoms with van der Waals surface area (Å²) in [5, 5.41) is 0.0487. The van der Waals surface area contributed by atoms with E-state index in [4.69, 9.17) is 4.74 Å². The standard InChI is InChI=1S/C20H25N3O2S/c1-25-13-12-22-11-8-21-19(22)15-6-9-23(10-7-15)20(24)18-14-16-4-2-3-5-17(16)26-18/h2-5,8,11,15,18H,6-7,9-10,12-14H2,1H3/t18-/m0/s1. The zero-order valence-electron chi connectivity index (χ0n) is 15.1. The molecule has 1 amide bonds. The molecule has 2 aliphatic rings. The molecule has 0 bridgehead atoms. The molecule has 138 valence electrons. The average molecular weight is 372 g/mol. The van der Waals surface area contributed by atoms with E-state index in [1.165, 1.54) is 10.5 Å². The third kappa shape index (κ3) is 3.53. The van der Waals surface area contributed by atoms with E-state index in [0.29, 0.717) is 18.4 Å². The van der Waals surface area contributed by atoms with Gasteiger partial charge in [-0.05, 0) is 30.9 Å². The van der Waals surface area contributed by atoms with Crippen LogP contribution in [0.15, 0.2) is 41.6 Å². The Bertz CT molecular complexity index is 743. The number of methoxy groups -OCH3 is 1. The number of hydrogen-bond acceptors (Lipinski definition) is 4. The van der Waals surface area contributed by atoms with Crippen molar-refractivity contribution in [1.29, 1.82) is 0 Å². The SMILES string of the molecule is COCCn1ccnc1C1CCN(C(=O)[C@@H]2Cc3ccccc3S2)CC1. The Morgan fingerprint density at radius 3 is 2.88 bits per heavy atom. The van der Waals surface area contributed by atoms with E-state index in [1.54, 1.807) is 18.9 Å². The number of fused-ring (bicyclic) bond motifs is 1. The second-order valence-electron chi connectivity index (χ2n) is 6.99. The zero-order chi connectivity index (χ0) is 17.9. The molecule has 5 nitrogen and oxygen atoms in total. The maximum atomic E-state index is 12.9. The number of aromatic nitrogens is 2. The van der Waals surface area contributed by atoms with Gasteiger partial charge in [-0.15, -0.1) is 11.8 Å². The number of carbonyl (C=O) groups excluding carboxylic acids is 1. The predicted molar refractivity (Wildman–Crippen MR) is 102 cm³/mol. The predicted octanol–water partition coefficient (Wildman–Crippen LogP) is 2.95. The summed E-state index contributed by atoms with van der Waals surface area (Å²) in [5.41, 5.74) is 1.31. The fourth-order valence-corrected chi connectivity index (χ4v) is 5.22. The van der Waals surface area contributed by atoms with E-state index in [9.17, 15) is 4.79 Å². The van der Waals surface area contributed by atoms with E-state index in [2.05, 4.69) is 38.7 Å². The first-order chi connectivity index (χ1) is 12.8. The van der Waals surface area contributed by atoms with E-state index in [0.717, 1.165) is 44.7 Å². The van der Waals surface area contributed by atoms with Crippen LogP contribution in [0.3, 0.4) is 0 Å². The molecular weight excluding hydrogens is 346 g/mol. The topological polar surface area (TPSA) is 47.4 Å². The number of nitrogens with zero attached hydrogens (tertiary/aromatic N) is 3. The molecule has 4 rings (SSSR count). The van der Waals surface area contributed by atoms with Crippen LogP contribution in [0, 0.1) is 0 Å². The summed E-state index contributed by atoms with van der Waals surface area (Å²) < 4.78 is 7.38. The minimum Gasteiger partial charge on any atom is -0.383 e. The van der Waals surface area contributed by atoms with Crippen molar-refractivity contribution in [3.8, 4) is 0 Å². The Morgan fingerprint density at radius 1 is 1.31 bits per heavy atom. The number of amides is 1. The maximum Gasteiger partial charge on any atom is 0.236 e. The summed E-state index contributed by atoms with van der Waals surface area (Å²) in [6, 6.07) is 8.38. The van der Waals surface area contributed by atoms with Gasteiger partial charge in [0.2, 0.25) is 5.91 Å². The number of imidazole rings is 1. The molecule has 0 N–H and O–H groups in total. The third-order valence-electron chi connectivity index (χ3n) is 5.38. The lowest BCUT2D eigenvalue weighted by Crippen LogP contribution is -2.42. The van der Waals surface area contributed by atoms with Crippen LogP contribution >= 0.6 is 11.8 Å². The highest BCUT2D eigenvalue weighted by Crippen LogP contribution is 2.38. The van der Waals surface area contributed by atoms with Gasteiger partial charge >= 0.3 is 0 Å². The maximum absolute atomic E-state index is 12.9. The lowest BCUT2D eigenvalue weighted by Gasteiger charge is -2.33. The summed E-state index contributed by atoms with van der Waals surface area (Å²) in [4.78, 5) is 20.8.